The summed E-state index contributed by atoms with van der Waals surface area (Å²) in [5.74, 6) is 1.61. The maximum absolute atomic E-state index is 5.81. The van der Waals surface area contributed by atoms with E-state index in [2.05, 4.69) is 29.0 Å². The van der Waals surface area contributed by atoms with Crippen LogP contribution in [0.3, 0.4) is 0 Å². The molecule has 5 nitrogen and oxygen atoms in total. The highest BCUT2D eigenvalue weighted by Gasteiger charge is 2.13. The van der Waals surface area contributed by atoms with Crippen LogP contribution >= 0.6 is 0 Å². The molecule has 0 saturated carbocycles. The number of hydrogen-bond donors (Lipinski definition) is 1. The minimum absolute atomic E-state index is 0.630. The van der Waals surface area contributed by atoms with E-state index >= 15 is 0 Å². The van der Waals surface area contributed by atoms with Gasteiger partial charge in [-0.1, -0.05) is 6.07 Å². The fourth-order valence-electron chi connectivity index (χ4n) is 2.71. The summed E-state index contributed by atoms with van der Waals surface area (Å²) in [6, 6.07) is 6.23. The Morgan fingerprint density at radius 3 is 2.77 bits per heavy atom. The number of hydrogen-bond acceptors (Lipinski definition) is 5. The normalized spacial score (nSPS) is 17.2. The smallest absolute Gasteiger partial charge is 0.161 e. The van der Waals surface area contributed by atoms with Gasteiger partial charge < -0.3 is 20.1 Å². The number of rotatable bonds is 7. The second kappa shape index (κ2) is 8.98. The van der Waals surface area contributed by atoms with Crippen LogP contribution in [0.1, 0.15) is 18.4 Å². The molecule has 124 valence electrons. The summed E-state index contributed by atoms with van der Waals surface area (Å²) >= 11 is 0. The van der Waals surface area contributed by atoms with Crippen LogP contribution in [0.4, 0.5) is 0 Å². The lowest BCUT2D eigenvalue weighted by Crippen LogP contribution is -2.28. The van der Waals surface area contributed by atoms with Gasteiger partial charge in [0.15, 0.2) is 11.5 Å². The molecule has 0 unspecified atom stereocenters. The monoisotopic (exact) mass is 307 g/mol. The summed E-state index contributed by atoms with van der Waals surface area (Å²) in [5, 5.41) is 0. The third-order valence-corrected chi connectivity index (χ3v) is 4.05. The van der Waals surface area contributed by atoms with Gasteiger partial charge in [-0.2, -0.15) is 0 Å². The van der Waals surface area contributed by atoms with Gasteiger partial charge in [-0.25, -0.2) is 0 Å². The Hall–Kier alpha value is -1.30. The molecule has 1 aromatic carbocycles. The number of ether oxygens (including phenoxy) is 2. The van der Waals surface area contributed by atoms with E-state index in [0.29, 0.717) is 13.2 Å². The molecule has 0 aliphatic carbocycles. The largest absolute Gasteiger partial charge is 0.493 e. The first kappa shape index (κ1) is 17.1. The van der Waals surface area contributed by atoms with Crippen molar-refractivity contribution in [3.05, 3.63) is 23.8 Å². The van der Waals surface area contributed by atoms with Crippen LogP contribution < -0.4 is 15.2 Å². The predicted molar refractivity (Wildman–Crippen MR) is 89.6 cm³/mol. The topological polar surface area (TPSA) is 51.0 Å². The van der Waals surface area contributed by atoms with Crippen molar-refractivity contribution in [2.45, 2.75) is 19.4 Å². The zero-order valence-electron chi connectivity index (χ0n) is 13.9. The molecule has 1 aliphatic rings. The Bertz CT molecular complexity index is 454. The highest BCUT2D eigenvalue weighted by atomic mass is 16.5. The summed E-state index contributed by atoms with van der Waals surface area (Å²) in [4.78, 5) is 4.91. The Morgan fingerprint density at radius 1 is 1.14 bits per heavy atom. The van der Waals surface area contributed by atoms with Crippen molar-refractivity contribution in [2.24, 2.45) is 5.73 Å². The minimum atomic E-state index is 0.630. The maximum atomic E-state index is 5.81. The van der Waals surface area contributed by atoms with Gasteiger partial charge in [-0.15, -0.1) is 0 Å². The van der Waals surface area contributed by atoms with Crippen LogP contribution in [0.25, 0.3) is 0 Å². The molecule has 1 aromatic rings. The van der Waals surface area contributed by atoms with Crippen LogP contribution in [0.2, 0.25) is 0 Å². The van der Waals surface area contributed by atoms with Gasteiger partial charge in [0, 0.05) is 19.6 Å². The van der Waals surface area contributed by atoms with E-state index in [1.807, 2.05) is 6.07 Å². The van der Waals surface area contributed by atoms with Crippen LogP contribution in [0.5, 0.6) is 11.5 Å². The second-order valence-electron chi connectivity index (χ2n) is 5.91. The Kier molecular flexibility index (Phi) is 6.96. The number of benzene rings is 1. The number of likely N-dealkylation sites (N-methyl/N-ethyl adjacent to an activating group) is 1. The second-order valence-corrected chi connectivity index (χ2v) is 5.91. The van der Waals surface area contributed by atoms with Crippen LogP contribution in [0.15, 0.2) is 18.2 Å². The van der Waals surface area contributed by atoms with Crippen molar-refractivity contribution in [1.82, 2.24) is 9.80 Å². The quantitative estimate of drug-likeness (QED) is 0.775. The number of nitrogens with zero attached hydrogens (tertiary/aromatic N) is 2. The third-order valence-electron chi connectivity index (χ3n) is 4.05. The zero-order chi connectivity index (χ0) is 15.8. The molecule has 5 heteroatoms. The van der Waals surface area contributed by atoms with Crippen molar-refractivity contribution in [3.63, 3.8) is 0 Å². The van der Waals surface area contributed by atoms with Gasteiger partial charge in [0.1, 0.15) is 0 Å². The van der Waals surface area contributed by atoms with Crippen LogP contribution in [-0.4, -0.2) is 63.3 Å². The van der Waals surface area contributed by atoms with Crippen molar-refractivity contribution >= 4 is 0 Å². The third kappa shape index (κ3) is 5.16. The molecule has 0 aromatic heterocycles. The molecule has 1 aliphatic heterocycles. The van der Waals surface area contributed by atoms with E-state index in [4.69, 9.17) is 15.2 Å². The predicted octanol–water partition coefficient (Wildman–Crippen LogP) is 1.56. The Balaban J connectivity index is 1.99. The Labute approximate surface area is 134 Å². The molecular formula is C17H29N3O2. The summed E-state index contributed by atoms with van der Waals surface area (Å²) in [6.07, 6.45) is 2.08. The van der Waals surface area contributed by atoms with E-state index < -0.39 is 0 Å². The van der Waals surface area contributed by atoms with E-state index in [1.165, 1.54) is 18.5 Å². The highest BCUT2D eigenvalue weighted by molar-refractivity contribution is 5.43. The minimum Gasteiger partial charge on any atom is -0.493 e. The number of nitrogens with two attached hydrogens (primary N) is 1. The van der Waals surface area contributed by atoms with Crippen LogP contribution in [-0.2, 0) is 6.54 Å². The van der Waals surface area contributed by atoms with Gasteiger partial charge in [-0.3, -0.25) is 4.90 Å². The summed E-state index contributed by atoms with van der Waals surface area (Å²) < 4.78 is 11.2. The molecule has 0 amide bonds. The fraction of sp³-hybridized carbons (Fsp3) is 0.647. The SMILES string of the molecule is COc1ccc(CN2CCCN(C)CC2)cc1OCCCN. The molecule has 0 spiro atoms. The summed E-state index contributed by atoms with van der Waals surface area (Å²) in [5.41, 5.74) is 6.79. The average molecular weight is 307 g/mol. The summed E-state index contributed by atoms with van der Waals surface area (Å²) in [7, 11) is 3.87. The molecule has 0 bridgehead atoms. The van der Waals surface area contributed by atoms with Gasteiger partial charge in [0.2, 0.25) is 0 Å². The fourth-order valence-corrected chi connectivity index (χ4v) is 2.71. The standard InChI is InChI=1S/C17H29N3O2/c1-19-8-4-9-20(11-10-19)14-15-5-6-16(21-2)17(13-15)22-12-3-7-18/h5-6,13H,3-4,7-12,14,18H2,1-2H3. The molecule has 22 heavy (non-hydrogen) atoms. The van der Waals surface area contributed by atoms with Crippen molar-refractivity contribution < 1.29 is 9.47 Å². The van der Waals surface area contributed by atoms with E-state index in [-0.39, 0.29) is 0 Å². The first-order valence-electron chi connectivity index (χ1n) is 8.13. The van der Waals surface area contributed by atoms with Gasteiger partial charge in [0.05, 0.1) is 13.7 Å². The molecule has 0 radical (unpaired) electrons. The van der Waals surface area contributed by atoms with Crippen molar-refractivity contribution in [3.8, 4) is 11.5 Å². The molecular weight excluding hydrogens is 278 g/mol. The first-order chi connectivity index (χ1) is 10.7. The maximum Gasteiger partial charge on any atom is 0.161 e. The van der Waals surface area contributed by atoms with Gasteiger partial charge >= 0.3 is 0 Å². The lowest BCUT2D eigenvalue weighted by atomic mass is 10.2. The average Bonchev–Trinajstić information content (AvgIpc) is 2.73. The molecule has 2 rings (SSSR count). The van der Waals surface area contributed by atoms with E-state index in [9.17, 15) is 0 Å². The first-order valence-corrected chi connectivity index (χ1v) is 8.13. The lowest BCUT2D eigenvalue weighted by molar-refractivity contribution is 0.266. The van der Waals surface area contributed by atoms with Crippen LogP contribution in [0, 0.1) is 0 Å². The highest BCUT2D eigenvalue weighted by Crippen LogP contribution is 2.28. The number of methoxy groups -OCH3 is 1. The van der Waals surface area contributed by atoms with E-state index in [0.717, 1.165) is 44.1 Å². The lowest BCUT2D eigenvalue weighted by Gasteiger charge is -2.21. The van der Waals surface area contributed by atoms with Crippen molar-refractivity contribution in [1.29, 1.82) is 0 Å². The van der Waals surface area contributed by atoms with Gasteiger partial charge in [0.25, 0.3) is 0 Å². The van der Waals surface area contributed by atoms with Gasteiger partial charge in [-0.05, 0) is 57.2 Å². The summed E-state index contributed by atoms with van der Waals surface area (Å²) in [6.45, 7) is 6.83. The van der Waals surface area contributed by atoms with Crippen molar-refractivity contribution in [2.75, 3.05) is 53.5 Å². The molecule has 1 fully saturated rings. The van der Waals surface area contributed by atoms with E-state index in [1.54, 1.807) is 7.11 Å². The molecule has 1 heterocycles. The Morgan fingerprint density at radius 2 is 2.00 bits per heavy atom. The zero-order valence-corrected chi connectivity index (χ0v) is 13.9. The molecule has 0 atom stereocenters. The molecule has 1 saturated heterocycles. The molecule has 2 N–H and O–H groups in total.